The van der Waals surface area contributed by atoms with Crippen molar-refractivity contribution < 1.29 is 9.53 Å². The SMILES string of the molecule is COC(=O)c1ccc2sc(-c3ccccc3)nc2c1. The molecule has 0 atom stereocenters. The van der Waals surface area contributed by atoms with Crippen LogP contribution in [0.1, 0.15) is 10.4 Å². The van der Waals surface area contributed by atoms with Gasteiger partial charge in [0.25, 0.3) is 0 Å². The Morgan fingerprint density at radius 3 is 2.68 bits per heavy atom. The van der Waals surface area contributed by atoms with Gasteiger partial charge in [-0.3, -0.25) is 0 Å². The topological polar surface area (TPSA) is 39.2 Å². The molecule has 0 N–H and O–H groups in total. The summed E-state index contributed by atoms with van der Waals surface area (Å²) < 4.78 is 5.77. The van der Waals surface area contributed by atoms with Gasteiger partial charge in [0.15, 0.2) is 0 Å². The van der Waals surface area contributed by atoms with Crippen LogP contribution in [0, 0.1) is 0 Å². The van der Waals surface area contributed by atoms with Crippen molar-refractivity contribution in [2.45, 2.75) is 0 Å². The summed E-state index contributed by atoms with van der Waals surface area (Å²) in [5.41, 5.74) is 2.44. The summed E-state index contributed by atoms with van der Waals surface area (Å²) in [4.78, 5) is 16.1. The summed E-state index contributed by atoms with van der Waals surface area (Å²) in [6, 6.07) is 15.4. The van der Waals surface area contributed by atoms with Crippen LogP contribution in [0.5, 0.6) is 0 Å². The number of carbonyl (C=O) groups excluding carboxylic acids is 1. The Hall–Kier alpha value is -2.20. The number of carbonyl (C=O) groups is 1. The van der Waals surface area contributed by atoms with Gasteiger partial charge >= 0.3 is 5.97 Å². The highest BCUT2D eigenvalue weighted by atomic mass is 32.1. The fraction of sp³-hybridized carbons (Fsp3) is 0.0667. The predicted octanol–water partition coefficient (Wildman–Crippen LogP) is 3.75. The summed E-state index contributed by atoms with van der Waals surface area (Å²) in [7, 11) is 1.38. The van der Waals surface area contributed by atoms with Gasteiger partial charge in [-0.2, -0.15) is 0 Å². The van der Waals surface area contributed by atoms with Crippen LogP contribution in [0.2, 0.25) is 0 Å². The van der Waals surface area contributed by atoms with Gasteiger partial charge in [-0.15, -0.1) is 11.3 Å². The van der Waals surface area contributed by atoms with Crippen molar-refractivity contribution in [3.63, 3.8) is 0 Å². The van der Waals surface area contributed by atoms with E-state index in [1.807, 2.05) is 36.4 Å². The maximum absolute atomic E-state index is 11.5. The number of nitrogens with zero attached hydrogens (tertiary/aromatic N) is 1. The highest BCUT2D eigenvalue weighted by Gasteiger charge is 2.10. The second-order valence-electron chi connectivity index (χ2n) is 4.06. The molecule has 0 aliphatic heterocycles. The molecule has 0 radical (unpaired) electrons. The molecular weight excluding hydrogens is 258 g/mol. The number of hydrogen-bond acceptors (Lipinski definition) is 4. The van der Waals surface area contributed by atoms with Gasteiger partial charge in [0, 0.05) is 5.56 Å². The number of thiazole rings is 1. The van der Waals surface area contributed by atoms with E-state index in [-0.39, 0.29) is 5.97 Å². The van der Waals surface area contributed by atoms with E-state index in [1.54, 1.807) is 23.5 Å². The third-order valence-corrected chi connectivity index (χ3v) is 3.91. The first-order valence-electron chi connectivity index (χ1n) is 5.82. The van der Waals surface area contributed by atoms with Crippen LogP contribution in [0.25, 0.3) is 20.8 Å². The second-order valence-corrected chi connectivity index (χ2v) is 5.09. The predicted molar refractivity (Wildman–Crippen MR) is 76.4 cm³/mol. The lowest BCUT2D eigenvalue weighted by molar-refractivity contribution is 0.0601. The minimum atomic E-state index is -0.337. The molecule has 19 heavy (non-hydrogen) atoms. The van der Waals surface area contributed by atoms with Gasteiger partial charge in [0.1, 0.15) is 5.01 Å². The highest BCUT2D eigenvalue weighted by Crippen LogP contribution is 2.30. The van der Waals surface area contributed by atoms with E-state index in [2.05, 4.69) is 4.98 Å². The lowest BCUT2D eigenvalue weighted by Crippen LogP contribution is -2.00. The minimum Gasteiger partial charge on any atom is -0.465 e. The quantitative estimate of drug-likeness (QED) is 0.665. The fourth-order valence-electron chi connectivity index (χ4n) is 1.88. The molecule has 3 aromatic rings. The largest absolute Gasteiger partial charge is 0.465 e. The zero-order valence-electron chi connectivity index (χ0n) is 10.3. The maximum Gasteiger partial charge on any atom is 0.337 e. The number of ether oxygens (including phenoxy) is 1. The molecule has 1 aromatic heterocycles. The lowest BCUT2D eigenvalue weighted by atomic mass is 10.2. The van der Waals surface area contributed by atoms with Crippen LogP contribution in [0.15, 0.2) is 48.5 Å². The van der Waals surface area contributed by atoms with Crippen molar-refractivity contribution in [1.82, 2.24) is 4.98 Å². The van der Waals surface area contributed by atoms with Crippen LogP contribution >= 0.6 is 11.3 Å². The van der Waals surface area contributed by atoms with Gasteiger partial charge in [0.05, 0.1) is 22.9 Å². The molecule has 0 bridgehead atoms. The van der Waals surface area contributed by atoms with Crippen LogP contribution in [-0.4, -0.2) is 18.1 Å². The van der Waals surface area contributed by atoms with Crippen molar-refractivity contribution in [3.05, 3.63) is 54.1 Å². The molecule has 0 aliphatic rings. The normalized spacial score (nSPS) is 10.6. The summed E-state index contributed by atoms with van der Waals surface area (Å²) >= 11 is 1.62. The number of fused-ring (bicyclic) bond motifs is 1. The standard InChI is InChI=1S/C15H11NO2S/c1-18-15(17)11-7-8-13-12(9-11)16-14(19-13)10-5-3-2-4-6-10/h2-9H,1H3. The van der Waals surface area contributed by atoms with E-state index in [0.717, 1.165) is 20.8 Å². The van der Waals surface area contributed by atoms with E-state index in [1.165, 1.54) is 7.11 Å². The fourth-order valence-corrected chi connectivity index (χ4v) is 2.83. The van der Waals surface area contributed by atoms with E-state index >= 15 is 0 Å². The number of rotatable bonds is 2. The van der Waals surface area contributed by atoms with E-state index in [0.29, 0.717) is 5.56 Å². The average Bonchev–Trinajstić information content (AvgIpc) is 2.90. The van der Waals surface area contributed by atoms with Crippen LogP contribution in [-0.2, 0) is 4.74 Å². The molecule has 0 saturated heterocycles. The van der Waals surface area contributed by atoms with Crippen molar-refractivity contribution in [2.75, 3.05) is 7.11 Å². The molecule has 3 rings (SSSR count). The van der Waals surface area contributed by atoms with Gasteiger partial charge in [0.2, 0.25) is 0 Å². The molecule has 3 nitrogen and oxygen atoms in total. The Balaban J connectivity index is 2.09. The van der Waals surface area contributed by atoms with E-state index in [9.17, 15) is 4.79 Å². The van der Waals surface area contributed by atoms with Crippen molar-refractivity contribution in [1.29, 1.82) is 0 Å². The molecule has 94 valence electrons. The van der Waals surface area contributed by atoms with Gasteiger partial charge < -0.3 is 4.74 Å². The smallest absolute Gasteiger partial charge is 0.337 e. The first-order valence-corrected chi connectivity index (χ1v) is 6.64. The molecule has 0 amide bonds. The molecule has 4 heteroatoms. The number of hydrogen-bond donors (Lipinski definition) is 0. The Bertz CT molecular complexity index is 734. The number of esters is 1. The van der Waals surface area contributed by atoms with Crippen molar-refractivity contribution in [3.8, 4) is 10.6 Å². The average molecular weight is 269 g/mol. The number of methoxy groups -OCH3 is 1. The molecule has 0 aliphatic carbocycles. The van der Waals surface area contributed by atoms with Gasteiger partial charge in [-0.25, -0.2) is 9.78 Å². The molecule has 0 unspecified atom stereocenters. The molecule has 0 saturated carbocycles. The second kappa shape index (κ2) is 4.82. The van der Waals surface area contributed by atoms with E-state index in [4.69, 9.17) is 4.74 Å². The van der Waals surface area contributed by atoms with Gasteiger partial charge in [-0.1, -0.05) is 30.3 Å². The van der Waals surface area contributed by atoms with Crippen LogP contribution < -0.4 is 0 Å². The van der Waals surface area contributed by atoms with Crippen LogP contribution in [0.4, 0.5) is 0 Å². The summed E-state index contributed by atoms with van der Waals surface area (Å²) in [6.07, 6.45) is 0. The number of benzene rings is 2. The van der Waals surface area contributed by atoms with Crippen molar-refractivity contribution >= 4 is 27.5 Å². The third-order valence-electron chi connectivity index (χ3n) is 2.83. The molecule has 1 heterocycles. The zero-order chi connectivity index (χ0) is 13.2. The first-order chi connectivity index (χ1) is 9.28. The molecule has 2 aromatic carbocycles. The highest BCUT2D eigenvalue weighted by molar-refractivity contribution is 7.21. The molecule has 0 spiro atoms. The molecular formula is C15H11NO2S. The summed E-state index contributed by atoms with van der Waals surface area (Å²) in [5.74, 6) is -0.337. The van der Waals surface area contributed by atoms with Crippen molar-refractivity contribution in [2.24, 2.45) is 0 Å². The van der Waals surface area contributed by atoms with Crippen LogP contribution in [0.3, 0.4) is 0 Å². The lowest BCUT2D eigenvalue weighted by Gasteiger charge is -1.97. The Morgan fingerprint density at radius 2 is 1.95 bits per heavy atom. The Morgan fingerprint density at radius 1 is 1.16 bits per heavy atom. The minimum absolute atomic E-state index is 0.337. The monoisotopic (exact) mass is 269 g/mol. The Kier molecular flexibility index (Phi) is 3.01. The van der Waals surface area contributed by atoms with E-state index < -0.39 is 0 Å². The Labute approximate surface area is 114 Å². The first kappa shape index (κ1) is 11.9. The number of aromatic nitrogens is 1. The van der Waals surface area contributed by atoms with Gasteiger partial charge in [-0.05, 0) is 18.2 Å². The maximum atomic E-state index is 11.5. The third kappa shape index (κ3) is 2.22. The zero-order valence-corrected chi connectivity index (χ0v) is 11.1. The summed E-state index contributed by atoms with van der Waals surface area (Å²) in [6.45, 7) is 0. The molecule has 0 fully saturated rings. The summed E-state index contributed by atoms with van der Waals surface area (Å²) in [5, 5.41) is 0.956.